The van der Waals surface area contributed by atoms with E-state index in [4.69, 9.17) is 14.2 Å². The molecule has 7 heteroatoms. The summed E-state index contributed by atoms with van der Waals surface area (Å²) in [6.07, 6.45) is 3.94. The molecule has 0 aliphatic heterocycles. The number of rotatable bonds is 6. The zero-order valence-corrected chi connectivity index (χ0v) is 16.1. The third-order valence-electron chi connectivity index (χ3n) is 4.74. The fraction of sp³-hybridized carbons (Fsp3) is 0.500. The first-order valence-electron chi connectivity index (χ1n) is 9.20. The van der Waals surface area contributed by atoms with Crippen molar-refractivity contribution in [3.05, 3.63) is 35.5 Å². The molecule has 0 amide bonds. The Morgan fingerprint density at radius 3 is 2.67 bits per heavy atom. The highest BCUT2D eigenvalue weighted by atomic mass is 16.8. The van der Waals surface area contributed by atoms with Crippen LogP contribution in [0.5, 0.6) is 0 Å². The summed E-state index contributed by atoms with van der Waals surface area (Å²) in [5.41, 5.74) is 2.97. The summed E-state index contributed by atoms with van der Waals surface area (Å²) in [7, 11) is 4.03. The molecule has 0 bridgehead atoms. The van der Waals surface area contributed by atoms with E-state index in [0.29, 0.717) is 0 Å². The summed E-state index contributed by atoms with van der Waals surface area (Å²) < 4.78 is 16.4. The van der Waals surface area contributed by atoms with Crippen LogP contribution in [0.15, 0.2) is 24.4 Å². The van der Waals surface area contributed by atoms with E-state index in [1.165, 1.54) is 4.57 Å². The van der Waals surface area contributed by atoms with Crippen LogP contribution in [0.2, 0.25) is 0 Å². The maximum Gasteiger partial charge on any atom is 0.511 e. The van der Waals surface area contributed by atoms with Crippen molar-refractivity contribution < 1.29 is 23.8 Å². The highest BCUT2D eigenvalue weighted by molar-refractivity contribution is 5.92. The average molecular weight is 374 g/mol. The largest absolute Gasteiger partial charge is 0.511 e. The van der Waals surface area contributed by atoms with Crippen LogP contribution < -0.4 is 0 Å². The summed E-state index contributed by atoms with van der Waals surface area (Å²) in [4.78, 5) is 26.1. The molecule has 1 saturated carbocycles. The van der Waals surface area contributed by atoms with Crippen molar-refractivity contribution in [3.8, 4) is 0 Å². The smallest absolute Gasteiger partial charge is 0.431 e. The maximum absolute atomic E-state index is 12.5. The van der Waals surface area contributed by atoms with E-state index in [0.717, 1.165) is 54.3 Å². The predicted octanol–water partition coefficient (Wildman–Crippen LogP) is 3.70. The number of hydrogen-bond acceptors (Lipinski definition) is 6. The number of fused-ring (bicyclic) bond motifs is 1. The monoisotopic (exact) mass is 374 g/mol. The zero-order valence-electron chi connectivity index (χ0n) is 16.1. The predicted molar refractivity (Wildman–Crippen MR) is 101 cm³/mol. The van der Waals surface area contributed by atoms with Gasteiger partial charge in [0.1, 0.15) is 6.10 Å². The minimum absolute atomic E-state index is 0.0657. The van der Waals surface area contributed by atoms with Crippen LogP contribution in [0.1, 0.15) is 30.4 Å². The van der Waals surface area contributed by atoms with Crippen LogP contribution in [0.4, 0.5) is 9.59 Å². The van der Waals surface area contributed by atoms with Gasteiger partial charge in [-0.1, -0.05) is 11.6 Å². The fourth-order valence-electron chi connectivity index (χ4n) is 2.96. The van der Waals surface area contributed by atoms with E-state index in [1.807, 2.05) is 33.2 Å². The van der Waals surface area contributed by atoms with Gasteiger partial charge in [-0.3, -0.25) is 4.57 Å². The third kappa shape index (κ3) is 4.80. The van der Waals surface area contributed by atoms with Crippen LogP contribution in [0, 0.1) is 6.92 Å². The van der Waals surface area contributed by atoms with Gasteiger partial charge in [-0.15, -0.1) is 0 Å². The second-order valence-corrected chi connectivity index (χ2v) is 7.19. The molecule has 0 saturated heterocycles. The van der Waals surface area contributed by atoms with Gasteiger partial charge in [-0.2, -0.15) is 0 Å². The molecule has 1 aromatic heterocycles. The lowest BCUT2D eigenvalue weighted by atomic mass is 9.96. The number of nitrogens with zero attached hydrogens (tertiary/aromatic N) is 2. The highest BCUT2D eigenvalue weighted by Gasteiger charge is 2.23. The molecule has 1 heterocycles. The second kappa shape index (κ2) is 8.43. The molecule has 0 atom stereocenters. The Hall–Kier alpha value is -2.54. The summed E-state index contributed by atoms with van der Waals surface area (Å²) >= 11 is 0. The van der Waals surface area contributed by atoms with Gasteiger partial charge in [0.15, 0.2) is 0 Å². The van der Waals surface area contributed by atoms with Crippen LogP contribution in [-0.2, 0) is 20.6 Å². The van der Waals surface area contributed by atoms with Gasteiger partial charge in [-0.25, -0.2) is 9.59 Å². The van der Waals surface area contributed by atoms with E-state index >= 15 is 0 Å². The number of aromatic nitrogens is 1. The summed E-state index contributed by atoms with van der Waals surface area (Å²) in [5, 5.41) is 1.03. The normalized spacial score (nSPS) is 14.2. The summed E-state index contributed by atoms with van der Waals surface area (Å²) in [6.45, 7) is 2.42. The first kappa shape index (κ1) is 19.2. The van der Waals surface area contributed by atoms with Crippen molar-refractivity contribution in [2.45, 2.75) is 38.7 Å². The first-order valence-corrected chi connectivity index (χ1v) is 9.20. The number of benzene rings is 1. The SMILES string of the molecule is Cc1ccc2c(c1)c(CCN(C)C)cn2C(=O)OCOC(=O)OC1CCC1. The van der Waals surface area contributed by atoms with E-state index in [-0.39, 0.29) is 6.10 Å². The molecule has 1 aliphatic rings. The van der Waals surface area contributed by atoms with Crippen molar-refractivity contribution in [1.29, 1.82) is 0 Å². The number of likely N-dealkylation sites (N-methyl/N-ethyl adjacent to an activating group) is 1. The molecular formula is C20H26N2O5. The van der Waals surface area contributed by atoms with Gasteiger partial charge in [0.2, 0.25) is 6.79 Å². The molecule has 2 aromatic rings. The van der Waals surface area contributed by atoms with Crippen LogP contribution >= 0.6 is 0 Å². The lowest BCUT2D eigenvalue weighted by Crippen LogP contribution is -2.26. The van der Waals surface area contributed by atoms with Crippen LogP contribution in [0.25, 0.3) is 10.9 Å². The Morgan fingerprint density at radius 1 is 1.22 bits per heavy atom. The fourth-order valence-corrected chi connectivity index (χ4v) is 2.96. The third-order valence-corrected chi connectivity index (χ3v) is 4.74. The standard InChI is InChI=1S/C20H26N2O5/c1-14-7-8-18-17(11-14)15(9-10-21(2)3)12-22(18)19(23)25-13-26-20(24)27-16-5-4-6-16/h7-8,11-12,16H,4-6,9-10,13H2,1-3H3. The Labute approximate surface area is 158 Å². The lowest BCUT2D eigenvalue weighted by molar-refractivity contribution is -0.0433. The highest BCUT2D eigenvalue weighted by Crippen LogP contribution is 2.24. The van der Waals surface area contributed by atoms with Gasteiger partial charge in [0, 0.05) is 18.1 Å². The molecule has 1 aliphatic carbocycles. The lowest BCUT2D eigenvalue weighted by Gasteiger charge is -2.24. The van der Waals surface area contributed by atoms with Crippen LogP contribution in [-0.4, -0.2) is 55.3 Å². The molecule has 3 rings (SSSR count). The molecule has 1 aromatic carbocycles. The molecule has 7 nitrogen and oxygen atoms in total. The molecule has 0 N–H and O–H groups in total. The van der Waals surface area contributed by atoms with Crippen molar-refractivity contribution in [2.75, 3.05) is 27.4 Å². The van der Waals surface area contributed by atoms with Crippen molar-refractivity contribution in [3.63, 3.8) is 0 Å². The molecule has 146 valence electrons. The summed E-state index contributed by atoms with van der Waals surface area (Å²) in [6, 6.07) is 5.92. The van der Waals surface area contributed by atoms with Crippen molar-refractivity contribution >= 4 is 23.2 Å². The van der Waals surface area contributed by atoms with Crippen molar-refractivity contribution in [1.82, 2.24) is 9.47 Å². The molecule has 0 spiro atoms. The molecule has 27 heavy (non-hydrogen) atoms. The van der Waals surface area contributed by atoms with Gasteiger partial charge < -0.3 is 19.1 Å². The Morgan fingerprint density at radius 2 is 2.00 bits per heavy atom. The van der Waals surface area contributed by atoms with Gasteiger partial charge in [0.05, 0.1) is 5.52 Å². The number of hydrogen-bond donors (Lipinski definition) is 0. The number of aryl methyl sites for hydroxylation is 1. The second-order valence-electron chi connectivity index (χ2n) is 7.19. The van der Waals surface area contributed by atoms with Crippen LogP contribution in [0.3, 0.4) is 0 Å². The molecule has 1 fully saturated rings. The van der Waals surface area contributed by atoms with E-state index in [1.54, 1.807) is 6.20 Å². The van der Waals surface area contributed by atoms with Gasteiger partial charge >= 0.3 is 12.2 Å². The summed E-state index contributed by atoms with van der Waals surface area (Å²) in [5.74, 6) is 0. The Kier molecular flexibility index (Phi) is 6.01. The van der Waals surface area contributed by atoms with E-state index in [9.17, 15) is 9.59 Å². The number of carbonyl (C=O) groups excluding carboxylic acids is 2. The van der Waals surface area contributed by atoms with Crippen molar-refractivity contribution in [2.24, 2.45) is 0 Å². The topological polar surface area (TPSA) is 70.0 Å². The van der Waals surface area contributed by atoms with E-state index < -0.39 is 19.0 Å². The minimum Gasteiger partial charge on any atom is -0.431 e. The average Bonchev–Trinajstić information content (AvgIpc) is 2.94. The first-order chi connectivity index (χ1) is 12.9. The molecule has 0 unspecified atom stereocenters. The minimum atomic E-state index is -0.799. The van der Waals surface area contributed by atoms with Gasteiger partial charge in [-0.05, 0) is 64.4 Å². The Bertz CT molecular complexity index is 823. The quantitative estimate of drug-likeness (QED) is 0.567. The van der Waals surface area contributed by atoms with Gasteiger partial charge in [0.25, 0.3) is 0 Å². The molecule has 0 radical (unpaired) electrons. The Balaban J connectivity index is 1.65. The zero-order chi connectivity index (χ0) is 19.4. The number of carbonyl (C=O) groups is 2. The molecular weight excluding hydrogens is 348 g/mol. The van der Waals surface area contributed by atoms with E-state index in [2.05, 4.69) is 11.0 Å². The number of ether oxygens (including phenoxy) is 3. The maximum atomic E-state index is 12.5.